The first-order chi connectivity index (χ1) is 14.2. The summed E-state index contributed by atoms with van der Waals surface area (Å²) in [6.45, 7) is 5.00. The molecule has 7 heteroatoms. The summed E-state index contributed by atoms with van der Waals surface area (Å²) in [7, 11) is 0. The second-order valence-corrected chi connectivity index (χ2v) is 7.13. The summed E-state index contributed by atoms with van der Waals surface area (Å²) in [5, 5.41) is 3.22. The van der Waals surface area contributed by atoms with Crippen LogP contribution in [0.25, 0.3) is 11.0 Å². The number of unbranched alkanes of at least 4 members (excludes halogenated alkanes) is 2. The molecule has 1 saturated heterocycles. The normalized spacial score (nSPS) is 16.9. The van der Waals surface area contributed by atoms with Crippen molar-refractivity contribution in [3.05, 3.63) is 30.0 Å². The zero-order valence-corrected chi connectivity index (χ0v) is 16.9. The van der Waals surface area contributed by atoms with Gasteiger partial charge in [-0.2, -0.15) is 0 Å². The summed E-state index contributed by atoms with van der Waals surface area (Å²) in [5.74, 6) is -0.202. The highest BCUT2D eigenvalue weighted by Crippen LogP contribution is 2.34. The van der Waals surface area contributed by atoms with Gasteiger partial charge in [-0.3, -0.25) is 14.9 Å². The van der Waals surface area contributed by atoms with Crippen LogP contribution in [0.5, 0.6) is 5.75 Å². The largest absolute Gasteiger partial charge is 0.491 e. The van der Waals surface area contributed by atoms with E-state index < -0.39 is 0 Å². The molecule has 1 aliphatic rings. The maximum Gasteiger partial charge on any atom is 0.234 e. The molecular weight excluding hydrogens is 374 g/mol. The van der Waals surface area contributed by atoms with E-state index in [2.05, 4.69) is 12.2 Å². The Labute approximate surface area is 170 Å². The van der Waals surface area contributed by atoms with Crippen LogP contribution in [-0.4, -0.2) is 44.8 Å². The molecule has 29 heavy (non-hydrogen) atoms. The molecule has 7 nitrogen and oxygen atoms in total. The number of carbonyl (C=O) groups is 2. The van der Waals surface area contributed by atoms with Crippen molar-refractivity contribution in [1.82, 2.24) is 5.32 Å². The van der Waals surface area contributed by atoms with Crippen molar-refractivity contribution in [2.45, 2.75) is 44.9 Å². The van der Waals surface area contributed by atoms with Crippen LogP contribution in [0.1, 0.15) is 50.5 Å². The second kappa shape index (κ2) is 11.0. The summed E-state index contributed by atoms with van der Waals surface area (Å²) < 4.78 is 22.4. The van der Waals surface area contributed by atoms with Crippen molar-refractivity contribution in [1.29, 1.82) is 0 Å². The lowest BCUT2D eigenvalue weighted by atomic mass is 9.90. The highest BCUT2D eigenvalue weighted by atomic mass is 16.5. The Hall–Kier alpha value is -2.38. The molecule has 0 saturated carbocycles. The molecule has 3 rings (SSSR count). The van der Waals surface area contributed by atoms with Crippen molar-refractivity contribution in [3.63, 3.8) is 0 Å². The minimum Gasteiger partial charge on any atom is -0.491 e. The molecule has 0 bridgehead atoms. The van der Waals surface area contributed by atoms with Crippen molar-refractivity contribution in [2.75, 3.05) is 33.0 Å². The van der Waals surface area contributed by atoms with Crippen LogP contribution in [0.4, 0.5) is 0 Å². The number of piperidine rings is 1. The molecule has 1 aliphatic heterocycles. The summed E-state index contributed by atoms with van der Waals surface area (Å²) >= 11 is 0. The van der Waals surface area contributed by atoms with E-state index in [4.69, 9.17) is 18.6 Å². The highest BCUT2D eigenvalue weighted by molar-refractivity contribution is 6.02. The van der Waals surface area contributed by atoms with Crippen LogP contribution in [0.15, 0.2) is 28.9 Å². The number of benzene rings is 1. The number of hydrogen-bond acceptors (Lipinski definition) is 6. The zero-order chi connectivity index (χ0) is 20.5. The number of amides is 2. The molecule has 1 aromatic heterocycles. The maximum atomic E-state index is 12.2. The van der Waals surface area contributed by atoms with Crippen molar-refractivity contribution >= 4 is 22.8 Å². The zero-order valence-electron chi connectivity index (χ0n) is 16.9. The monoisotopic (exact) mass is 403 g/mol. The fraction of sp³-hybridized carbons (Fsp3) is 0.545. The van der Waals surface area contributed by atoms with E-state index in [9.17, 15) is 9.59 Å². The smallest absolute Gasteiger partial charge is 0.234 e. The van der Waals surface area contributed by atoms with Gasteiger partial charge in [0.05, 0.1) is 32.0 Å². The first-order valence-electron chi connectivity index (χ1n) is 10.3. The molecule has 2 amide bonds. The summed E-state index contributed by atoms with van der Waals surface area (Å²) in [4.78, 5) is 23.6. The predicted molar refractivity (Wildman–Crippen MR) is 108 cm³/mol. The molecular formula is C22H29NO6. The molecule has 1 N–H and O–H groups in total. The summed E-state index contributed by atoms with van der Waals surface area (Å²) in [5.41, 5.74) is 1.47. The quantitative estimate of drug-likeness (QED) is 0.431. The fourth-order valence-corrected chi connectivity index (χ4v) is 3.37. The third-order valence-corrected chi connectivity index (χ3v) is 4.95. The van der Waals surface area contributed by atoms with Crippen LogP contribution in [0.2, 0.25) is 0 Å². The lowest BCUT2D eigenvalue weighted by molar-refractivity contribution is -0.134. The summed E-state index contributed by atoms with van der Waals surface area (Å²) in [6, 6.07) is 5.52. The average molecular weight is 403 g/mol. The third-order valence-electron chi connectivity index (χ3n) is 4.95. The van der Waals surface area contributed by atoms with Crippen LogP contribution in [0.3, 0.4) is 0 Å². The van der Waals surface area contributed by atoms with Crippen LogP contribution in [0, 0.1) is 0 Å². The Morgan fingerprint density at radius 3 is 2.66 bits per heavy atom. The van der Waals surface area contributed by atoms with Gasteiger partial charge >= 0.3 is 0 Å². The number of rotatable bonds is 12. The van der Waals surface area contributed by atoms with Gasteiger partial charge in [0.2, 0.25) is 11.8 Å². The topological polar surface area (TPSA) is 87.0 Å². The predicted octanol–water partition coefficient (Wildman–Crippen LogP) is 3.56. The SMILES string of the molecule is CCCCCOCCOCCOc1ccc2occ(C3CCC(=O)NC3=O)c2c1. The molecule has 0 spiro atoms. The molecule has 1 fully saturated rings. The lowest BCUT2D eigenvalue weighted by Gasteiger charge is -2.19. The van der Waals surface area contributed by atoms with Crippen LogP contribution < -0.4 is 10.1 Å². The Bertz CT molecular complexity index is 815. The maximum absolute atomic E-state index is 12.2. The Morgan fingerprint density at radius 1 is 1.07 bits per heavy atom. The number of hydrogen-bond donors (Lipinski definition) is 1. The molecule has 158 valence electrons. The second-order valence-electron chi connectivity index (χ2n) is 7.13. The van der Waals surface area contributed by atoms with Gasteiger partial charge in [0.25, 0.3) is 0 Å². The van der Waals surface area contributed by atoms with Crippen LogP contribution in [-0.2, 0) is 19.1 Å². The molecule has 1 unspecified atom stereocenters. The van der Waals surface area contributed by atoms with Gasteiger partial charge < -0.3 is 18.6 Å². The van der Waals surface area contributed by atoms with E-state index in [1.165, 1.54) is 12.8 Å². The number of furan rings is 1. The van der Waals surface area contributed by atoms with E-state index in [1.807, 2.05) is 18.2 Å². The molecule has 2 aromatic rings. The first-order valence-corrected chi connectivity index (χ1v) is 10.3. The Kier molecular flexibility index (Phi) is 8.07. The van der Waals surface area contributed by atoms with Gasteiger partial charge in [-0.05, 0) is 31.0 Å². The first kappa shape index (κ1) is 21.3. The number of fused-ring (bicyclic) bond motifs is 1. The fourth-order valence-electron chi connectivity index (χ4n) is 3.37. The van der Waals surface area contributed by atoms with Gasteiger partial charge in [0.1, 0.15) is 17.9 Å². The lowest BCUT2D eigenvalue weighted by Crippen LogP contribution is -2.39. The number of ether oxygens (including phenoxy) is 3. The van der Waals surface area contributed by atoms with Crippen molar-refractivity contribution in [2.24, 2.45) is 0 Å². The average Bonchev–Trinajstić information content (AvgIpc) is 3.12. The van der Waals surface area contributed by atoms with Crippen LogP contribution >= 0.6 is 0 Å². The number of carbonyl (C=O) groups excluding carboxylic acids is 2. The van der Waals surface area contributed by atoms with Crippen molar-refractivity contribution < 1.29 is 28.2 Å². The molecule has 1 aromatic carbocycles. The highest BCUT2D eigenvalue weighted by Gasteiger charge is 2.30. The van der Waals surface area contributed by atoms with Gasteiger partial charge in [-0.25, -0.2) is 0 Å². The van der Waals surface area contributed by atoms with E-state index in [0.29, 0.717) is 50.6 Å². The van der Waals surface area contributed by atoms with Gasteiger partial charge in [0, 0.05) is 24.0 Å². The number of imide groups is 1. The minimum absolute atomic E-state index is 0.227. The molecule has 0 radical (unpaired) electrons. The minimum atomic E-state index is -0.384. The Morgan fingerprint density at radius 2 is 1.86 bits per heavy atom. The van der Waals surface area contributed by atoms with E-state index in [0.717, 1.165) is 24.0 Å². The standard InChI is InChI=1S/C22H29NO6/c1-2-3-4-9-26-10-11-27-12-13-28-16-5-7-20-18(14-16)19(15-29-20)17-6-8-21(24)23-22(17)25/h5,7,14-15,17H,2-4,6,8-13H2,1H3,(H,23,24,25). The molecule has 1 atom stereocenters. The summed E-state index contributed by atoms with van der Waals surface area (Å²) in [6.07, 6.45) is 5.89. The van der Waals surface area contributed by atoms with E-state index in [1.54, 1.807) is 6.26 Å². The van der Waals surface area contributed by atoms with E-state index >= 15 is 0 Å². The number of nitrogens with one attached hydrogen (secondary N) is 1. The molecule has 2 heterocycles. The molecule has 0 aliphatic carbocycles. The third kappa shape index (κ3) is 6.05. The van der Waals surface area contributed by atoms with Gasteiger partial charge in [-0.1, -0.05) is 19.8 Å². The van der Waals surface area contributed by atoms with Crippen molar-refractivity contribution in [3.8, 4) is 5.75 Å². The Balaban J connectivity index is 1.45. The van der Waals surface area contributed by atoms with Gasteiger partial charge in [0.15, 0.2) is 0 Å². The van der Waals surface area contributed by atoms with E-state index in [-0.39, 0.29) is 17.7 Å². The van der Waals surface area contributed by atoms with Gasteiger partial charge in [-0.15, -0.1) is 0 Å².